The molecule has 0 aliphatic carbocycles. The van der Waals surface area contributed by atoms with E-state index in [2.05, 4.69) is 10.3 Å². The van der Waals surface area contributed by atoms with E-state index < -0.39 is 0 Å². The number of aromatic nitrogens is 1. The number of carbonyl (C=O) groups is 1. The number of aryl methyl sites for hydroxylation is 3. The van der Waals surface area contributed by atoms with Gasteiger partial charge in [0, 0.05) is 15.3 Å². The number of rotatable bonds is 3. The summed E-state index contributed by atoms with van der Waals surface area (Å²) < 4.78 is 13.0. The van der Waals surface area contributed by atoms with E-state index >= 15 is 0 Å². The van der Waals surface area contributed by atoms with Crippen molar-refractivity contribution in [2.75, 3.05) is 5.32 Å². The van der Waals surface area contributed by atoms with Crippen LogP contribution in [0.1, 0.15) is 25.0 Å². The molecule has 1 aromatic carbocycles. The molecule has 1 amide bonds. The number of nitrogens with zero attached hydrogens (tertiary/aromatic N) is 1. The number of thiophene rings is 1. The van der Waals surface area contributed by atoms with Crippen LogP contribution in [0.25, 0.3) is 11.3 Å². The number of halogens is 1. The zero-order chi connectivity index (χ0) is 16.6. The van der Waals surface area contributed by atoms with Gasteiger partial charge in [0.2, 0.25) is 0 Å². The van der Waals surface area contributed by atoms with Crippen molar-refractivity contribution in [3.05, 3.63) is 56.3 Å². The van der Waals surface area contributed by atoms with Crippen LogP contribution in [0.2, 0.25) is 0 Å². The summed E-state index contributed by atoms with van der Waals surface area (Å²) in [5.74, 6) is -0.427. The highest BCUT2D eigenvalue weighted by molar-refractivity contribution is 7.16. The first-order valence-electron chi connectivity index (χ1n) is 7.06. The van der Waals surface area contributed by atoms with Crippen LogP contribution in [0, 0.1) is 26.6 Å². The van der Waals surface area contributed by atoms with Crippen molar-refractivity contribution < 1.29 is 9.18 Å². The molecule has 0 saturated heterocycles. The fraction of sp³-hybridized carbons (Fsp3) is 0.176. The smallest absolute Gasteiger partial charge is 0.267 e. The normalized spacial score (nSPS) is 10.8. The maximum Gasteiger partial charge on any atom is 0.267 e. The quantitative estimate of drug-likeness (QED) is 0.709. The fourth-order valence-electron chi connectivity index (χ4n) is 2.17. The molecule has 0 aliphatic rings. The molecule has 0 atom stereocenters. The fourth-order valence-corrected chi connectivity index (χ4v) is 3.93. The standard InChI is InChI=1S/C17H15FN2OS2/c1-9-8-14(22-10(9)2)16(21)20-17-19-15(11(3)23-17)12-4-6-13(18)7-5-12/h4-8H,1-3H3,(H,19,20,21). The Kier molecular flexibility index (Phi) is 4.28. The van der Waals surface area contributed by atoms with E-state index in [-0.39, 0.29) is 11.7 Å². The van der Waals surface area contributed by atoms with E-state index in [4.69, 9.17) is 0 Å². The molecule has 0 radical (unpaired) electrons. The van der Waals surface area contributed by atoms with Gasteiger partial charge in [0.05, 0.1) is 10.6 Å². The lowest BCUT2D eigenvalue weighted by molar-refractivity contribution is 0.103. The minimum absolute atomic E-state index is 0.148. The molecule has 3 nitrogen and oxygen atoms in total. The summed E-state index contributed by atoms with van der Waals surface area (Å²) in [6, 6.07) is 8.08. The van der Waals surface area contributed by atoms with Crippen LogP contribution in [0.15, 0.2) is 30.3 Å². The molecule has 23 heavy (non-hydrogen) atoms. The van der Waals surface area contributed by atoms with E-state index in [1.807, 2.05) is 26.8 Å². The molecule has 6 heteroatoms. The molecular formula is C17H15FN2OS2. The summed E-state index contributed by atoms with van der Waals surface area (Å²) in [7, 11) is 0. The number of benzene rings is 1. The van der Waals surface area contributed by atoms with Crippen LogP contribution in [-0.4, -0.2) is 10.9 Å². The molecule has 0 bridgehead atoms. The van der Waals surface area contributed by atoms with Gasteiger partial charge in [-0.3, -0.25) is 10.1 Å². The van der Waals surface area contributed by atoms with Gasteiger partial charge in [0.1, 0.15) is 5.82 Å². The molecule has 0 saturated carbocycles. The zero-order valence-electron chi connectivity index (χ0n) is 12.9. The highest BCUT2D eigenvalue weighted by atomic mass is 32.1. The molecule has 0 fully saturated rings. The zero-order valence-corrected chi connectivity index (χ0v) is 14.6. The van der Waals surface area contributed by atoms with Gasteiger partial charge in [-0.15, -0.1) is 22.7 Å². The Bertz CT molecular complexity index is 846. The highest BCUT2D eigenvalue weighted by Gasteiger charge is 2.15. The maximum absolute atomic E-state index is 13.0. The number of thiazole rings is 1. The molecule has 118 valence electrons. The summed E-state index contributed by atoms with van der Waals surface area (Å²) in [6.45, 7) is 5.92. The van der Waals surface area contributed by atoms with Gasteiger partial charge in [-0.05, 0) is 56.7 Å². The van der Waals surface area contributed by atoms with Crippen molar-refractivity contribution in [1.82, 2.24) is 4.98 Å². The minimum Gasteiger partial charge on any atom is -0.297 e. The number of hydrogen-bond donors (Lipinski definition) is 1. The Hall–Kier alpha value is -2.05. The van der Waals surface area contributed by atoms with Gasteiger partial charge >= 0.3 is 0 Å². The van der Waals surface area contributed by atoms with Crippen LogP contribution < -0.4 is 5.32 Å². The molecule has 3 aromatic rings. The third-order valence-corrected chi connectivity index (χ3v) is 5.56. The first-order valence-corrected chi connectivity index (χ1v) is 8.69. The summed E-state index contributed by atoms with van der Waals surface area (Å²) in [4.78, 5) is 19.6. The van der Waals surface area contributed by atoms with Gasteiger partial charge < -0.3 is 0 Å². The first-order chi connectivity index (χ1) is 10.9. The van der Waals surface area contributed by atoms with Crippen LogP contribution >= 0.6 is 22.7 Å². The van der Waals surface area contributed by atoms with E-state index in [1.54, 1.807) is 12.1 Å². The Morgan fingerprint density at radius 1 is 1.09 bits per heavy atom. The molecule has 3 rings (SSSR count). The van der Waals surface area contributed by atoms with Crippen LogP contribution in [0.3, 0.4) is 0 Å². The molecule has 2 aromatic heterocycles. The Labute approximate surface area is 141 Å². The summed E-state index contributed by atoms with van der Waals surface area (Å²) >= 11 is 2.89. The van der Waals surface area contributed by atoms with Crippen molar-refractivity contribution in [2.24, 2.45) is 0 Å². The van der Waals surface area contributed by atoms with E-state index in [0.29, 0.717) is 10.0 Å². The van der Waals surface area contributed by atoms with Crippen molar-refractivity contribution in [1.29, 1.82) is 0 Å². The molecule has 2 heterocycles. The lowest BCUT2D eigenvalue weighted by Crippen LogP contribution is -2.09. The molecule has 0 unspecified atom stereocenters. The second kappa shape index (κ2) is 6.22. The van der Waals surface area contributed by atoms with Crippen molar-refractivity contribution in [2.45, 2.75) is 20.8 Å². The average Bonchev–Trinajstić information content (AvgIpc) is 3.03. The predicted molar refractivity (Wildman–Crippen MR) is 94.0 cm³/mol. The Morgan fingerprint density at radius 2 is 1.78 bits per heavy atom. The van der Waals surface area contributed by atoms with Gasteiger partial charge in [0.15, 0.2) is 5.13 Å². The number of amides is 1. The van der Waals surface area contributed by atoms with Crippen molar-refractivity contribution in [3.63, 3.8) is 0 Å². The molecule has 0 spiro atoms. The van der Waals surface area contributed by atoms with Gasteiger partial charge in [0.25, 0.3) is 5.91 Å². The topological polar surface area (TPSA) is 42.0 Å². The molecular weight excluding hydrogens is 331 g/mol. The van der Waals surface area contributed by atoms with E-state index in [9.17, 15) is 9.18 Å². The monoisotopic (exact) mass is 346 g/mol. The average molecular weight is 346 g/mol. The van der Waals surface area contributed by atoms with Crippen LogP contribution in [-0.2, 0) is 0 Å². The Morgan fingerprint density at radius 3 is 2.39 bits per heavy atom. The van der Waals surface area contributed by atoms with Crippen molar-refractivity contribution in [3.8, 4) is 11.3 Å². The SMILES string of the molecule is Cc1cc(C(=O)Nc2nc(-c3ccc(F)cc3)c(C)s2)sc1C. The van der Waals surface area contributed by atoms with Crippen LogP contribution in [0.4, 0.5) is 9.52 Å². The Balaban J connectivity index is 1.83. The third kappa shape index (κ3) is 3.33. The largest absolute Gasteiger partial charge is 0.297 e. The van der Waals surface area contributed by atoms with Gasteiger partial charge in [-0.2, -0.15) is 0 Å². The number of hydrogen-bond acceptors (Lipinski definition) is 4. The number of anilines is 1. The first kappa shape index (κ1) is 15.8. The second-order valence-electron chi connectivity index (χ2n) is 5.23. The highest BCUT2D eigenvalue weighted by Crippen LogP contribution is 2.31. The van der Waals surface area contributed by atoms with E-state index in [1.165, 1.54) is 34.8 Å². The van der Waals surface area contributed by atoms with Gasteiger partial charge in [-0.25, -0.2) is 9.37 Å². The summed E-state index contributed by atoms with van der Waals surface area (Å²) in [6.07, 6.45) is 0. The van der Waals surface area contributed by atoms with Crippen molar-refractivity contribution >= 4 is 33.7 Å². The maximum atomic E-state index is 13.0. The third-order valence-electron chi connectivity index (χ3n) is 3.52. The second-order valence-corrected chi connectivity index (χ2v) is 7.69. The number of nitrogens with one attached hydrogen (secondary N) is 1. The minimum atomic E-state index is -0.279. The summed E-state index contributed by atoms with van der Waals surface area (Å²) in [5.41, 5.74) is 2.72. The molecule has 1 N–H and O–H groups in total. The van der Waals surface area contributed by atoms with E-state index in [0.717, 1.165) is 26.6 Å². The lowest BCUT2D eigenvalue weighted by Gasteiger charge is -1.99. The predicted octanol–water partition coefficient (Wildman–Crippen LogP) is 5.19. The summed E-state index contributed by atoms with van der Waals surface area (Å²) in [5, 5.41) is 3.40. The number of carbonyl (C=O) groups excluding carboxylic acids is 1. The van der Waals surface area contributed by atoms with Gasteiger partial charge in [-0.1, -0.05) is 0 Å². The van der Waals surface area contributed by atoms with Crippen LogP contribution in [0.5, 0.6) is 0 Å². The molecule has 0 aliphatic heterocycles. The lowest BCUT2D eigenvalue weighted by atomic mass is 10.1.